The number of nitrogens with two attached hydrogens (primary N) is 1. The van der Waals surface area contributed by atoms with Crippen molar-refractivity contribution in [1.29, 1.82) is 0 Å². The van der Waals surface area contributed by atoms with Crippen LogP contribution in [0.5, 0.6) is 5.75 Å². The average Bonchev–Trinajstić information content (AvgIpc) is 2.18. The largest absolute Gasteiger partial charge is 0.492 e. The molecule has 1 aromatic rings. The summed E-state index contributed by atoms with van der Waals surface area (Å²) in [6.07, 6.45) is 0.641. The molecule has 0 heterocycles. The first-order chi connectivity index (χ1) is 6.74. The van der Waals surface area contributed by atoms with E-state index in [-0.39, 0.29) is 5.69 Å². The first-order valence-corrected chi connectivity index (χ1v) is 4.31. The van der Waals surface area contributed by atoms with Crippen molar-refractivity contribution in [2.75, 3.05) is 12.3 Å². The molecule has 2 N–H and O–H groups in total. The summed E-state index contributed by atoms with van der Waals surface area (Å²) in [4.78, 5) is 0. The molecule has 0 saturated heterocycles. The van der Waals surface area contributed by atoms with Crippen molar-refractivity contribution < 1.29 is 9.13 Å². The van der Waals surface area contributed by atoms with Crippen molar-refractivity contribution >= 4 is 5.69 Å². The van der Waals surface area contributed by atoms with E-state index in [4.69, 9.17) is 10.5 Å². The van der Waals surface area contributed by atoms with Crippen LogP contribution >= 0.6 is 0 Å². The first-order valence-electron chi connectivity index (χ1n) is 4.31. The van der Waals surface area contributed by atoms with Crippen LogP contribution in [0.4, 0.5) is 10.1 Å². The van der Waals surface area contributed by atoms with Gasteiger partial charge in [0, 0.05) is 12.5 Å². The van der Waals surface area contributed by atoms with Gasteiger partial charge in [-0.05, 0) is 19.1 Å². The SMILES string of the molecule is CC#CCCOc1ccc(N)c(F)c1. The van der Waals surface area contributed by atoms with Crippen molar-refractivity contribution in [3.63, 3.8) is 0 Å². The summed E-state index contributed by atoms with van der Waals surface area (Å²) in [5.41, 5.74) is 5.44. The summed E-state index contributed by atoms with van der Waals surface area (Å²) in [5, 5.41) is 0. The van der Waals surface area contributed by atoms with Crippen LogP contribution in [-0.2, 0) is 0 Å². The second-order valence-electron chi connectivity index (χ2n) is 2.71. The zero-order chi connectivity index (χ0) is 10.4. The van der Waals surface area contributed by atoms with Gasteiger partial charge in [0.25, 0.3) is 0 Å². The number of anilines is 1. The Bertz CT molecular complexity index is 365. The van der Waals surface area contributed by atoms with Crippen LogP contribution in [0.1, 0.15) is 13.3 Å². The van der Waals surface area contributed by atoms with E-state index in [2.05, 4.69) is 11.8 Å². The normalized spacial score (nSPS) is 9.00. The minimum Gasteiger partial charge on any atom is -0.492 e. The minimum atomic E-state index is -0.455. The van der Waals surface area contributed by atoms with Gasteiger partial charge in [-0.15, -0.1) is 11.8 Å². The zero-order valence-corrected chi connectivity index (χ0v) is 8.01. The Morgan fingerprint density at radius 2 is 2.29 bits per heavy atom. The van der Waals surface area contributed by atoms with Crippen molar-refractivity contribution in [3.8, 4) is 17.6 Å². The highest BCUT2D eigenvalue weighted by Crippen LogP contribution is 2.17. The Morgan fingerprint density at radius 3 is 2.93 bits per heavy atom. The highest BCUT2D eigenvalue weighted by Gasteiger charge is 1.99. The zero-order valence-electron chi connectivity index (χ0n) is 8.01. The molecule has 0 unspecified atom stereocenters. The van der Waals surface area contributed by atoms with Crippen LogP contribution in [0.15, 0.2) is 18.2 Å². The number of halogens is 1. The number of hydrogen-bond donors (Lipinski definition) is 1. The number of benzene rings is 1. The predicted molar refractivity (Wildman–Crippen MR) is 54.4 cm³/mol. The summed E-state index contributed by atoms with van der Waals surface area (Å²) in [5.74, 6) is 5.63. The van der Waals surface area contributed by atoms with Crippen molar-refractivity contribution in [1.82, 2.24) is 0 Å². The maximum atomic E-state index is 12.9. The number of nitrogen functional groups attached to an aromatic ring is 1. The second kappa shape index (κ2) is 5.13. The lowest BCUT2D eigenvalue weighted by Gasteiger charge is -2.04. The highest BCUT2D eigenvalue weighted by atomic mass is 19.1. The molecule has 0 aliphatic rings. The number of hydrogen-bond acceptors (Lipinski definition) is 2. The third kappa shape index (κ3) is 2.98. The summed E-state index contributed by atoms with van der Waals surface area (Å²) in [6.45, 7) is 2.23. The van der Waals surface area contributed by atoms with Gasteiger partial charge >= 0.3 is 0 Å². The summed E-state index contributed by atoms with van der Waals surface area (Å²) >= 11 is 0. The maximum absolute atomic E-state index is 12.9. The van der Waals surface area contributed by atoms with E-state index in [0.29, 0.717) is 18.8 Å². The smallest absolute Gasteiger partial charge is 0.149 e. The quantitative estimate of drug-likeness (QED) is 0.453. The fourth-order valence-electron chi connectivity index (χ4n) is 0.943. The molecule has 0 atom stereocenters. The molecular weight excluding hydrogens is 181 g/mol. The van der Waals surface area contributed by atoms with Crippen LogP contribution in [-0.4, -0.2) is 6.61 Å². The van der Waals surface area contributed by atoms with E-state index in [1.807, 2.05) is 0 Å². The molecule has 0 spiro atoms. The topological polar surface area (TPSA) is 35.2 Å². The van der Waals surface area contributed by atoms with E-state index in [1.54, 1.807) is 13.0 Å². The Balaban J connectivity index is 2.50. The van der Waals surface area contributed by atoms with Gasteiger partial charge in [-0.1, -0.05) is 0 Å². The van der Waals surface area contributed by atoms with Gasteiger partial charge in [0.15, 0.2) is 0 Å². The molecule has 74 valence electrons. The molecule has 0 radical (unpaired) electrons. The third-order valence-electron chi connectivity index (χ3n) is 1.64. The van der Waals surface area contributed by atoms with Crippen LogP contribution in [0.25, 0.3) is 0 Å². The van der Waals surface area contributed by atoms with Gasteiger partial charge in [0.05, 0.1) is 12.3 Å². The lowest BCUT2D eigenvalue weighted by molar-refractivity contribution is 0.325. The van der Waals surface area contributed by atoms with E-state index in [0.717, 1.165) is 0 Å². The molecule has 0 aliphatic heterocycles. The monoisotopic (exact) mass is 193 g/mol. The first kappa shape index (κ1) is 10.4. The van der Waals surface area contributed by atoms with Gasteiger partial charge in [0.1, 0.15) is 11.6 Å². The molecule has 1 aromatic carbocycles. The molecule has 0 bridgehead atoms. The van der Waals surface area contributed by atoms with E-state index in [9.17, 15) is 4.39 Å². The molecule has 3 heteroatoms. The molecule has 0 aromatic heterocycles. The number of ether oxygens (including phenoxy) is 1. The van der Waals surface area contributed by atoms with Crippen LogP contribution in [0.2, 0.25) is 0 Å². The molecule has 0 fully saturated rings. The molecule has 14 heavy (non-hydrogen) atoms. The molecule has 0 saturated carbocycles. The lowest BCUT2D eigenvalue weighted by Crippen LogP contribution is -1.97. The van der Waals surface area contributed by atoms with E-state index >= 15 is 0 Å². The van der Waals surface area contributed by atoms with E-state index in [1.165, 1.54) is 12.1 Å². The maximum Gasteiger partial charge on any atom is 0.149 e. The summed E-state index contributed by atoms with van der Waals surface area (Å²) in [7, 11) is 0. The Labute approximate surface area is 82.9 Å². The van der Waals surface area contributed by atoms with Gasteiger partial charge in [-0.25, -0.2) is 4.39 Å². The average molecular weight is 193 g/mol. The van der Waals surface area contributed by atoms with Gasteiger partial charge in [-0.3, -0.25) is 0 Å². The molecule has 1 rings (SSSR count). The van der Waals surface area contributed by atoms with Crippen LogP contribution in [0, 0.1) is 17.7 Å². The lowest BCUT2D eigenvalue weighted by atomic mass is 10.3. The Morgan fingerprint density at radius 1 is 1.50 bits per heavy atom. The third-order valence-corrected chi connectivity index (χ3v) is 1.64. The molecular formula is C11H12FNO. The van der Waals surface area contributed by atoms with Gasteiger partial charge in [-0.2, -0.15) is 0 Å². The Hall–Kier alpha value is -1.69. The molecule has 0 amide bonds. The number of rotatable bonds is 3. The predicted octanol–water partition coefficient (Wildman–Crippen LogP) is 2.20. The van der Waals surface area contributed by atoms with Gasteiger partial charge < -0.3 is 10.5 Å². The fourth-order valence-corrected chi connectivity index (χ4v) is 0.943. The van der Waals surface area contributed by atoms with Crippen LogP contribution < -0.4 is 10.5 Å². The molecule has 2 nitrogen and oxygen atoms in total. The van der Waals surface area contributed by atoms with Gasteiger partial charge in [0.2, 0.25) is 0 Å². The van der Waals surface area contributed by atoms with Crippen molar-refractivity contribution in [2.24, 2.45) is 0 Å². The van der Waals surface area contributed by atoms with E-state index < -0.39 is 5.82 Å². The summed E-state index contributed by atoms with van der Waals surface area (Å²) in [6, 6.07) is 4.39. The highest BCUT2D eigenvalue weighted by molar-refractivity contribution is 5.43. The Kier molecular flexibility index (Phi) is 3.81. The standard InChI is InChI=1S/C11H12FNO/c1-2-3-4-7-14-9-5-6-11(13)10(12)8-9/h5-6,8H,4,7,13H2,1H3. The fraction of sp³-hybridized carbons (Fsp3) is 0.273. The minimum absolute atomic E-state index is 0.130. The summed E-state index contributed by atoms with van der Waals surface area (Å²) < 4.78 is 18.2. The second-order valence-corrected chi connectivity index (χ2v) is 2.71. The molecule has 0 aliphatic carbocycles. The van der Waals surface area contributed by atoms with Crippen LogP contribution in [0.3, 0.4) is 0 Å². The van der Waals surface area contributed by atoms with Crippen molar-refractivity contribution in [3.05, 3.63) is 24.0 Å². The van der Waals surface area contributed by atoms with Crippen molar-refractivity contribution in [2.45, 2.75) is 13.3 Å².